The topological polar surface area (TPSA) is 12.0 Å². The number of hydrogen-bond donors (Lipinski definition) is 1. The van der Waals surface area contributed by atoms with Gasteiger partial charge < -0.3 is 5.32 Å². The molecule has 1 atom stereocenters. The molecule has 15 heavy (non-hydrogen) atoms. The average molecular weight is 237 g/mol. The summed E-state index contributed by atoms with van der Waals surface area (Å²) in [5.41, 5.74) is 2.81. The maximum Gasteiger partial charge on any atom is 0.0681 e. The van der Waals surface area contributed by atoms with Crippen LogP contribution in [0.4, 0.5) is 0 Å². The normalized spacial score (nSPS) is 12.9. The second-order valence-corrected chi connectivity index (χ2v) is 5.24. The molecule has 0 bridgehead atoms. The molecule has 1 unspecified atom stereocenters. The Balaban J connectivity index is 2.32. The molecule has 1 nitrogen and oxygen atoms in total. The lowest BCUT2D eigenvalue weighted by atomic mass is 10.1. The molecule has 2 heterocycles. The van der Waals surface area contributed by atoms with Crippen LogP contribution in [0.3, 0.4) is 0 Å². The van der Waals surface area contributed by atoms with Gasteiger partial charge in [0, 0.05) is 4.88 Å². The van der Waals surface area contributed by atoms with Crippen LogP contribution >= 0.6 is 22.7 Å². The first-order valence-electron chi connectivity index (χ1n) is 5.12. The third-order valence-electron chi connectivity index (χ3n) is 2.44. The summed E-state index contributed by atoms with van der Waals surface area (Å²) in [6, 6.07) is 4.70. The van der Waals surface area contributed by atoms with E-state index in [2.05, 4.69) is 47.4 Å². The van der Waals surface area contributed by atoms with Crippen LogP contribution in [0.25, 0.3) is 0 Å². The maximum atomic E-state index is 3.55. The molecule has 0 saturated carbocycles. The van der Waals surface area contributed by atoms with Gasteiger partial charge in [0.2, 0.25) is 0 Å². The van der Waals surface area contributed by atoms with E-state index in [-0.39, 0.29) is 0 Å². The number of nitrogens with one attached hydrogen (secondary N) is 1. The SMILES string of the molecule is CCNC(c1cccs1)c1cscc1C. The quantitative estimate of drug-likeness (QED) is 0.852. The van der Waals surface area contributed by atoms with Crippen LogP contribution in [0.1, 0.15) is 29.0 Å². The van der Waals surface area contributed by atoms with Crippen molar-refractivity contribution in [2.75, 3.05) is 6.54 Å². The van der Waals surface area contributed by atoms with Crippen molar-refractivity contribution < 1.29 is 0 Å². The summed E-state index contributed by atoms with van der Waals surface area (Å²) in [7, 11) is 0. The van der Waals surface area contributed by atoms with Gasteiger partial charge in [-0.1, -0.05) is 13.0 Å². The van der Waals surface area contributed by atoms with E-state index in [1.54, 1.807) is 11.3 Å². The van der Waals surface area contributed by atoms with Crippen molar-refractivity contribution in [2.45, 2.75) is 19.9 Å². The third kappa shape index (κ3) is 2.30. The van der Waals surface area contributed by atoms with Gasteiger partial charge in [-0.05, 0) is 46.8 Å². The average Bonchev–Trinajstić information content (AvgIpc) is 2.85. The van der Waals surface area contributed by atoms with Gasteiger partial charge in [0.25, 0.3) is 0 Å². The van der Waals surface area contributed by atoms with Gasteiger partial charge in [-0.2, -0.15) is 11.3 Å². The summed E-state index contributed by atoms with van der Waals surface area (Å²) in [6.07, 6.45) is 0. The van der Waals surface area contributed by atoms with Crippen molar-refractivity contribution in [1.29, 1.82) is 0 Å². The molecule has 2 aromatic rings. The van der Waals surface area contributed by atoms with Gasteiger partial charge >= 0.3 is 0 Å². The zero-order valence-electron chi connectivity index (χ0n) is 8.99. The fourth-order valence-corrected chi connectivity index (χ4v) is 3.38. The predicted octanol–water partition coefficient (Wildman–Crippen LogP) is 3.82. The van der Waals surface area contributed by atoms with Crippen LogP contribution in [0.2, 0.25) is 0 Å². The lowest BCUT2D eigenvalue weighted by Crippen LogP contribution is -2.21. The minimum atomic E-state index is 0.376. The Labute approximate surface area is 98.8 Å². The van der Waals surface area contributed by atoms with E-state index in [1.165, 1.54) is 16.0 Å². The Morgan fingerprint density at radius 2 is 2.27 bits per heavy atom. The van der Waals surface area contributed by atoms with Gasteiger partial charge in [0.15, 0.2) is 0 Å². The fraction of sp³-hybridized carbons (Fsp3) is 0.333. The summed E-state index contributed by atoms with van der Waals surface area (Å²) >= 11 is 3.60. The van der Waals surface area contributed by atoms with E-state index in [0.717, 1.165) is 6.54 Å². The summed E-state index contributed by atoms with van der Waals surface area (Å²) in [5.74, 6) is 0. The van der Waals surface area contributed by atoms with Crippen molar-refractivity contribution >= 4 is 22.7 Å². The molecule has 0 aliphatic rings. The molecule has 80 valence electrons. The van der Waals surface area contributed by atoms with E-state index in [1.807, 2.05) is 11.3 Å². The Bertz CT molecular complexity index is 403. The summed E-state index contributed by atoms with van der Waals surface area (Å²) in [4.78, 5) is 1.40. The Hall–Kier alpha value is -0.640. The standard InChI is InChI=1S/C12H15NS2/c1-3-13-12(11-5-4-6-15-11)10-8-14-7-9(10)2/h4-8,12-13H,3H2,1-2H3. The van der Waals surface area contributed by atoms with Crippen LogP contribution in [0.15, 0.2) is 28.3 Å². The van der Waals surface area contributed by atoms with Gasteiger partial charge in [0.05, 0.1) is 6.04 Å². The largest absolute Gasteiger partial charge is 0.306 e. The number of aryl methyl sites for hydroxylation is 1. The summed E-state index contributed by atoms with van der Waals surface area (Å²) in [6.45, 7) is 5.34. The molecule has 0 aromatic carbocycles. The summed E-state index contributed by atoms with van der Waals surface area (Å²) < 4.78 is 0. The first kappa shape index (κ1) is 10.9. The van der Waals surface area contributed by atoms with Gasteiger partial charge in [0.1, 0.15) is 0 Å². The van der Waals surface area contributed by atoms with E-state index in [9.17, 15) is 0 Å². The molecule has 2 aromatic heterocycles. The molecule has 0 saturated heterocycles. The van der Waals surface area contributed by atoms with Gasteiger partial charge in [-0.15, -0.1) is 11.3 Å². The van der Waals surface area contributed by atoms with E-state index >= 15 is 0 Å². The van der Waals surface area contributed by atoms with E-state index in [4.69, 9.17) is 0 Å². The molecule has 0 spiro atoms. The molecule has 1 N–H and O–H groups in total. The Morgan fingerprint density at radius 1 is 1.40 bits per heavy atom. The highest BCUT2D eigenvalue weighted by atomic mass is 32.1. The Morgan fingerprint density at radius 3 is 2.80 bits per heavy atom. The maximum absolute atomic E-state index is 3.55. The molecule has 0 aliphatic heterocycles. The molecule has 3 heteroatoms. The first-order chi connectivity index (χ1) is 7.33. The molecule has 0 aliphatic carbocycles. The minimum absolute atomic E-state index is 0.376. The van der Waals surface area contributed by atoms with Crippen molar-refractivity contribution in [3.63, 3.8) is 0 Å². The second-order valence-electron chi connectivity index (χ2n) is 3.52. The highest BCUT2D eigenvalue weighted by molar-refractivity contribution is 7.10. The smallest absolute Gasteiger partial charge is 0.0681 e. The van der Waals surface area contributed by atoms with Crippen LogP contribution in [0.5, 0.6) is 0 Å². The molecular weight excluding hydrogens is 222 g/mol. The van der Waals surface area contributed by atoms with E-state index < -0.39 is 0 Å². The van der Waals surface area contributed by atoms with E-state index in [0.29, 0.717) is 6.04 Å². The summed E-state index contributed by atoms with van der Waals surface area (Å²) in [5, 5.41) is 10.2. The zero-order valence-corrected chi connectivity index (χ0v) is 10.6. The number of hydrogen-bond acceptors (Lipinski definition) is 3. The van der Waals surface area contributed by atoms with Gasteiger partial charge in [-0.3, -0.25) is 0 Å². The molecule has 0 radical (unpaired) electrons. The van der Waals surface area contributed by atoms with Crippen LogP contribution < -0.4 is 5.32 Å². The molecule has 2 rings (SSSR count). The lowest BCUT2D eigenvalue weighted by molar-refractivity contribution is 0.639. The highest BCUT2D eigenvalue weighted by Crippen LogP contribution is 2.30. The van der Waals surface area contributed by atoms with Crippen LogP contribution in [-0.4, -0.2) is 6.54 Å². The van der Waals surface area contributed by atoms with Crippen LogP contribution in [0, 0.1) is 6.92 Å². The minimum Gasteiger partial charge on any atom is -0.306 e. The monoisotopic (exact) mass is 237 g/mol. The first-order valence-corrected chi connectivity index (χ1v) is 6.94. The molecule has 0 fully saturated rings. The van der Waals surface area contributed by atoms with Crippen molar-refractivity contribution in [2.24, 2.45) is 0 Å². The zero-order chi connectivity index (χ0) is 10.7. The van der Waals surface area contributed by atoms with Crippen molar-refractivity contribution in [3.8, 4) is 0 Å². The van der Waals surface area contributed by atoms with Crippen molar-refractivity contribution in [3.05, 3.63) is 44.3 Å². The second kappa shape index (κ2) is 4.92. The number of rotatable bonds is 4. The predicted molar refractivity (Wildman–Crippen MR) is 68.9 cm³/mol. The molecule has 0 amide bonds. The van der Waals surface area contributed by atoms with Gasteiger partial charge in [-0.25, -0.2) is 0 Å². The number of thiophene rings is 2. The molecular formula is C12H15NS2. The van der Waals surface area contributed by atoms with Crippen molar-refractivity contribution in [1.82, 2.24) is 5.32 Å². The fourth-order valence-electron chi connectivity index (χ4n) is 1.69. The third-order valence-corrected chi connectivity index (χ3v) is 4.26. The lowest BCUT2D eigenvalue weighted by Gasteiger charge is -2.16. The Kier molecular flexibility index (Phi) is 3.57. The van der Waals surface area contributed by atoms with Crippen LogP contribution in [-0.2, 0) is 0 Å². The highest BCUT2D eigenvalue weighted by Gasteiger charge is 2.16.